The molecule has 50 valence electrons. The molecule has 0 aromatic rings. The summed E-state index contributed by atoms with van der Waals surface area (Å²) in [5.41, 5.74) is 0. The molecule has 0 radical (unpaired) electrons. The van der Waals surface area contributed by atoms with E-state index in [4.69, 9.17) is 4.74 Å². The summed E-state index contributed by atoms with van der Waals surface area (Å²) in [6, 6.07) is 0. The predicted molar refractivity (Wildman–Crippen MR) is 32.1 cm³/mol. The summed E-state index contributed by atoms with van der Waals surface area (Å²) in [5, 5.41) is 2.49. The molecule has 1 rings (SSSR count). The number of hydrogen-bond acceptors (Lipinski definition) is 2. The van der Waals surface area contributed by atoms with Crippen molar-refractivity contribution in [1.29, 1.82) is 0 Å². The van der Waals surface area contributed by atoms with Crippen LogP contribution in [-0.4, -0.2) is 12.0 Å². The number of carbonyl (C=O) groups excluding carboxylic acids is 1. The zero-order valence-electron chi connectivity index (χ0n) is 5.18. The lowest BCUT2D eigenvalue weighted by molar-refractivity contribution is -0.122. The molecule has 0 aliphatic carbocycles. The lowest BCUT2D eigenvalue weighted by Crippen LogP contribution is -2.21. The van der Waals surface area contributed by atoms with Gasteiger partial charge in [-0.2, -0.15) is 6.08 Å². The van der Waals surface area contributed by atoms with Crippen molar-refractivity contribution in [2.75, 3.05) is 0 Å². The van der Waals surface area contributed by atoms with Gasteiger partial charge in [-0.1, -0.05) is 0 Å². The Morgan fingerprint density at radius 2 is 2.67 bits per heavy atom. The number of hydrogen-bond donors (Lipinski definition) is 1. The Morgan fingerprint density at radius 1 is 2.00 bits per heavy atom. The average Bonchev–Trinajstić information content (AvgIpc) is 2.13. The highest BCUT2D eigenvalue weighted by molar-refractivity contribution is 5.83. The largest absolute Gasteiger partial charge is 0.407 e. The number of rotatable bonds is 1. The van der Waals surface area contributed by atoms with Crippen LogP contribution in [0.5, 0.6) is 0 Å². The van der Waals surface area contributed by atoms with E-state index in [1.807, 2.05) is 0 Å². The summed E-state index contributed by atoms with van der Waals surface area (Å²) in [6.07, 6.45) is 1.56. The molecule has 0 bridgehead atoms. The van der Waals surface area contributed by atoms with Crippen molar-refractivity contribution in [3.8, 4) is 0 Å². The molecule has 1 fully saturated rings. The van der Waals surface area contributed by atoms with Crippen molar-refractivity contribution >= 4 is 5.91 Å². The second kappa shape index (κ2) is 2.11. The van der Waals surface area contributed by atoms with Gasteiger partial charge in [-0.3, -0.25) is 4.79 Å². The van der Waals surface area contributed by atoms with Gasteiger partial charge in [0.25, 0.3) is 0 Å². The quantitative estimate of drug-likeness (QED) is 0.509. The minimum atomic E-state index is -0.363. The number of amides is 1. The second-order valence-corrected chi connectivity index (χ2v) is 1.82. The van der Waals surface area contributed by atoms with Crippen LogP contribution in [0, 0.1) is 6.23 Å². The standard InChI is InChI=1S/C6H8NO2/c1-3-5-7-6(8)4(2)9-5/h3-4H,1H2,2H3,(H,7,8)/q-1. The van der Waals surface area contributed by atoms with E-state index in [1.54, 1.807) is 6.92 Å². The summed E-state index contributed by atoms with van der Waals surface area (Å²) in [4.78, 5) is 10.6. The highest BCUT2D eigenvalue weighted by atomic mass is 16.5. The van der Waals surface area contributed by atoms with Gasteiger partial charge in [0.05, 0.1) is 0 Å². The fourth-order valence-corrected chi connectivity index (χ4v) is 0.596. The molecule has 1 unspecified atom stereocenters. The fraction of sp³-hybridized carbons (Fsp3) is 0.333. The van der Waals surface area contributed by atoms with Crippen LogP contribution in [0.25, 0.3) is 0 Å². The first-order valence-electron chi connectivity index (χ1n) is 2.71. The molecule has 0 aromatic heterocycles. The highest BCUT2D eigenvalue weighted by Crippen LogP contribution is 2.11. The zero-order chi connectivity index (χ0) is 6.85. The smallest absolute Gasteiger partial charge is 0.237 e. The Kier molecular flexibility index (Phi) is 1.44. The van der Waals surface area contributed by atoms with E-state index in [0.29, 0.717) is 6.23 Å². The molecular weight excluding hydrogens is 118 g/mol. The molecule has 1 aliphatic heterocycles. The van der Waals surface area contributed by atoms with Gasteiger partial charge in [-0.15, -0.1) is 0 Å². The Hall–Kier alpha value is -0.960. The predicted octanol–water partition coefficient (Wildman–Crippen LogP) is 0.197. The molecular formula is C6H8NO2-. The number of nitrogens with one attached hydrogen (secondary N) is 1. The van der Waals surface area contributed by atoms with Crippen LogP contribution in [-0.2, 0) is 9.53 Å². The molecule has 9 heavy (non-hydrogen) atoms. The SMILES string of the molecule is C=C[C-]1NC(=O)C(C)O1. The van der Waals surface area contributed by atoms with E-state index < -0.39 is 0 Å². The second-order valence-electron chi connectivity index (χ2n) is 1.82. The van der Waals surface area contributed by atoms with Crippen molar-refractivity contribution in [2.24, 2.45) is 0 Å². The van der Waals surface area contributed by atoms with Gasteiger partial charge < -0.3 is 10.1 Å². The Labute approximate surface area is 53.7 Å². The Morgan fingerprint density at radius 3 is 2.89 bits per heavy atom. The number of ether oxygens (including phenoxy) is 1. The van der Waals surface area contributed by atoms with Crippen LogP contribution < -0.4 is 5.32 Å². The lowest BCUT2D eigenvalue weighted by atomic mass is 10.4. The van der Waals surface area contributed by atoms with Crippen LogP contribution in [0.4, 0.5) is 0 Å². The topological polar surface area (TPSA) is 38.3 Å². The maximum absolute atomic E-state index is 10.6. The van der Waals surface area contributed by atoms with Gasteiger partial charge in [-0.05, 0) is 13.2 Å². The molecule has 1 N–H and O–H groups in total. The monoisotopic (exact) mass is 126 g/mol. The Balaban J connectivity index is 2.53. The van der Waals surface area contributed by atoms with Crippen LogP contribution in [0.15, 0.2) is 12.7 Å². The third kappa shape index (κ3) is 1.05. The fourth-order valence-electron chi connectivity index (χ4n) is 0.596. The molecule has 3 heteroatoms. The van der Waals surface area contributed by atoms with E-state index >= 15 is 0 Å². The Bertz CT molecular complexity index is 144. The maximum atomic E-state index is 10.6. The van der Waals surface area contributed by atoms with E-state index in [2.05, 4.69) is 11.9 Å². The summed E-state index contributed by atoms with van der Waals surface area (Å²) in [7, 11) is 0. The van der Waals surface area contributed by atoms with Crippen molar-refractivity contribution in [3.05, 3.63) is 18.9 Å². The van der Waals surface area contributed by atoms with E-state index in [9.17, 15) is 4.79 Å². The van der Waals surface area contributed by atoms with E-state index in [0.717, 1.165) is 0 Å². The third-order valence-electron chi connectivity index (χ3n) is 1.10. The zero-order valence-corrected chi connectivity index (χ0v) is 5.18. The summed E-state index contributed by atoms with van der Waals surface area (Å²) < 4.78 is 4.96. The first kappa shape index (κ1) is 6.16. The summed E-state index contributed by atoms with van der Waals surface area (Å²) in [5.74, 6) is -0.107. The molecule has 0 aromatic carbocycles. The van der Waals surface area contributed by atoms with Crippen molar-refractivity contribution < 1.29 is 9.53 Å². The van der Waals surface area contributed by atoms with Crippen LogP contribution in [0.2, 0.25) is 0 Å². The van der Waals surface area contributed by atoms with Crippen molar-refractivity contribution in [1.82, 2.24) is 5.32 Å². The van der Waals surface area contributed by atoms with Gasteiger partial charge >= 0.3 is 0 Å². The normalized spacial score (nSPS) is 26.1. The van der Waals surface area contributed by atoms with Gasteiger partial charge in [-0.25, -0.2) is 6.58 Å². The molecule has 1 saturated heterocycles. The highest BCUT2D eigenvalue weighted by Gasteiger charge is 2.20. The van der Waals surface area contributed by atoms with Crippen LogP contribution in [0.1, 0.15) is 6.92 Å². The molecule has 1 amide bonds. The minimum Gasteiger partial charge on any atom is -0.407 e. The van der Waals surface area contributed by atoms with Gasteiger partial charge in [0.15, 0.2) is 0 Å². The van der Waals surface area contributed by atoms with E-state index in [-0.39, 0.29) is 12.0 Å². The van der Waals surface area contributed by atoms with Gasteiger partial charge in [0.2, 0.25) is 5.91 Å². The molecule has 1 aliphatic rings. The molecule has 3 nitrogen and oxygen atoms in total. The van der Waals surface area contributed by atoms with Crippen LogP contribution >= 0.6 is 0 Å². The molecule has 0 saturated carbocycles. The molecule has 1 atom stereocenters. The van der Waals surface area contributed by atoms with Gasteiger partial charge in [0, 0.05) is 0 Å². The summed E-state index contributed by atoms with van der Waals surface area (Å²) in [6.45, 7) is 5.12. The third-order valence-corrected chi connectivity index (χ3v) is 1.10. The summed E-state index contributed by atoms with van der Waals surface area (Å²) >= 11 is 0. The minimum absolute atomic E-state index is 0.107. The average molecular weight is 126 g/mol. The van der Waals surface area contributed by atoms with Crippen molar-refractivity contribution in [3.63, 3.8) is 0 Å². The number of carbonyl (C=O) groups is 1. The first-order chi connectivity index (χ1) is 4.24. The molecule has 1 heterocycles. The van der Waals surface area contributed by atoms with Gasteiger partial charge in [0.1, 0.15) is 6.10 Å². The molecule has 0 spiro atoms. The lowest BCUT2D eigenvalue weighted by Gasteiger charge is -2.10. The first-order valence-corrected chi connectivity index (χ1v) is 2.71. The van der Waals surface area contributed by atoms with Crippen LogP contribution in [0.3, 0.4) is 0 Å². The maximum Gasteiger partial charge on any atom is 0.237 e. The van der Waals surface area contributed by atoms with Crippen molar-refractivity contribution in [2.45, 2.75) is 13.0 Å². The van der Waals surface area contributed by atoms with E-state index in [1.165, 1.54) is 6.08 Å².